The fraction of sp³-hybridized carbons (Fsp3) is 0.235. The van der Waals surface area contributed by atoms with Crippen LogP contribution in [0.2, 0.25) is 0 Å². The molecule has 1 aliphatic rings. The van der Waals surface area contributed by atoms with Crippen molar-refractivity contribution in [3.05, 3.63) is 58.1 Å². The number of para-hydroxylation sites is 1. The molecule has 0 unspecified atom stereocenters. The molecule has 0 heterocycles. The number of rotatable bonds is 5. The second-order valence-corrected chi connectivity index (χ2v) is 8.38. The van der Waals surface area contributed by atoms with Crippen LogP contribution in [0.5, 0.6) is 0 Å². The van der Waals surface area contributed by atoms with E-state index >= 15 is 0 Å². The summed E-state index contributed by atoms with van der Waals surface area (Å²) in [7, 11) is -3.80. The molecule has 1 saturated carbocycles. The monoisotopic (exact) mass is 408 g/mol. The van der Waals surface area contributed by atoms with E-state index in [4.69, 9.17) is 0 Å². The second kappa shape index (κ2) is 6.57. The lowest BCUT2D eigenvalue weighted by molar-refractivity contribution is 0.0952. The minimum atomic E-state index is -3.80. The van der Waals surface area contributed by atoms with Crippen molar-refractivity contribution in [1.82, 2.24) is 5.32 Å². The number of nitrogens with one attached hydrogen (secondary N) is 2. The number of anilines is 1. The van der Waals surface area contributed by atoms with E-state index in [1.54, 1.807) is 49.4 Å². The van der Waals surface area contributed by atoms with Crippen molar-refractivity contribution in [2.45, 2.75) is 30.7 Å². The maximum Gasteiger partial charge on any atom is 0.262 e. The van der Waals surface area contributed by atoms with Crippen LogP contribution in [0.4, 0.5) is 5.69 Å². The average Bonchev–Trinajstić information content (AvgIpc) is 3.33. The molecule has 126 valence electrons. The molecule has 2 aromatic rings. The summed E-state index contributed by atoms with van der Waals surface area (Å²) in [5.74, 6) is -0.262. The molecular weight excluding hydrogens is 392 g/mol. The number of carbonyl (C=O) groups excluding carboxylic acids is 1. The molecule has 0 saturated heterocycles. The van der Waals surface area contributed by atoms with E-state index in [0.717, 1.165) is 12.8 Å². The highest BCUT2D eigenvalue weighted by Crippen LogP contribution is 2.26. The Labute approximate surface area is 149 Å². The largest absolute Gasteiger partial charge is 0.349 e. The van der Waals surface area contributed by atoms with Crippen molar-refractivity contribution in [3.63, 3.8) is 0 Å². The number of sulfonamides is 1. The number of hydrogen-bond acceptors (Lipinski definition) is 3. The van der Waals surface area contributed by atoms with Gasteiger partial charge in [0.1, 0.15) is 0 Å². The summed E-state index contributed by atoms with van der Waals surface area (Å²) in [4.78, 5) is 12.5. The molecule has 5 nitrogen and oxygen atoms in total. The molecule has 2 N–H and O–H groups in total. The first-order valence-corrected chi connectivity index (χ1v) is 9.83. The molecule has 2 aromatic carbocycles. The molecule has 1 fully saturated rings. The van der Waals surface area contributed by atoms with Crippen molar-refractivity contribution < 1.29 is 13.2 Å². The van der Waals surface area contributed by atoms with E-state index in [0.29, 0.717) is 15.6 Å². The minimum Gasteiger partial charge on any atom is -0.349 e. The van der Waals surface area contributed by atoms with Crippen molar-refractivity contribution in [3.8, 4) is 0 Å². The summed E-state index contributed by atoms with van der Waals surface area (Å²) in [6.07, 6.45) is 1.94. The summed E-state index contributed by atoms with van der Waals surface area (Å²) in [5.41, 5.74) is 1.22. The van der Waals surface area contributed by atoms with E-state index in [-0.39, 0.29) is 22.5 Å². The Morgan fingerprint density at radius 1 is 1.17 bits per heavy atom. The molecule has 1 amide bonds. The first-order valence-electron chi connectivity index (χ1n) is 7.56. The zero-order chi connectivity index (χ0) is 17.3. The number of amides is 1. The molecule has 1 aliphatic carbocycles. The molecule has 7 heteroatoms. The van der Waals surface area contributed by atoms with E-state index in [1.165, 1.54) is 0 Å². The normalized spacial score (nSPS) is 14.2. The van der Waals surface area contributed by atoms with Gasteiger partial charge in [-0.05, 0) is 49.6 Å². The minimum absolute atomic E-state index is 0.175. The smallest absolute Gasteiger partial charge is 0.262 e. The van der Waals surface area contributed by atoms with Crippen molar-refractivity contribution >= 4 is 37.5 Å². The lowest BCUT2D eigenvalue weighted by atomic mass is 10.1. The third kappa shape index (κ3) is 3.79. The Bertz CT molecular complexity index is 892. The Balaban J connectivity index is 1.92. The topological polar surface area (TPSA) is 75.3 Å². The molecule has 3 rings (SSSR count). The van der Waals surface area contributed by atoms with Crippen molar-refractivity contribution in [2.24, 2.45) is 0 Å². The highest BCUT2D eigenvalue weighted by atomic mass is 79.9. The highest BCUT2D eigenvalue weighted by molar-refractivity contribution is 9.10. The molecule has 24 heavy (non-hydrogen) atoms. The molecule has 0 atom stereocenters. The van der Waals surface area contributed by atoms with Crippen LogP contribution < -0.4 is 10.0 Å². The average molecular weight is 409 g/mol. The van der Waals surface area contributed by atoms with Gasteiger partial charge in [0.25, 0.3) is 15.9 Å². The summed E-state index contributed by atoms with van der Waals surface area (Å²) in [6.45, 7) is 1.73. The van der Waals surface area contributed by atoms with Crippen LogP contribution in [0.1, 0.15) is 28.8 Å². The van der Waals surface area contributed by atoms with Gasteiger partial charge in [0.05, 0.1) is 16.1 Å². The van der Waals surface area contributed by atoms with Crippen LogP contribution in [-0.2, 0) is 10.0 Å². The van der Waals surface area contributed by atoms with Gasteiger partial charge in [-0.15, -0.1) is 0 Å². The molecule has 0 radical (unpaired) electrons. The van der Waals surface area contributed by atoms with Gasteiger partial charge in [0, 0.05) is 10.5 Å². The van der Waals surface area contributed by atoms with Crippen LogP contribution >= 0.6 is 15.9 Å². The Hall–Kier alpha value is -1.86. The first-order chi connectivity index (χ1) is 11.4. The number of halogens is 1. The summed E-state index contributed by atoms with van der Waals surface area (Å²) >= 11 is 3.29. The Morgan fingerprint density at radius 2 is 1.88 bits per heavy atom. The molecule has 0 aromatic heterocycles. The maximum absolute atomic E-state index is 12.7. The standard InChI is InChI=1S/C17H17BrN2O3S/c1-11-6-7-12(18)10-16(11)24(22,23)20-15-5-3-2-4-14(15)17(21)19-13-8-9-13/h2-7,10,13,20H,8-9H2,1H3,(H,19,21). The van der Waals surface area contributed by atoms with Crippen LogP contribution in [0.15, 0.2) is 51.8 Å². The molecular formula is C17H17BrN2O3S. The number of benzene rings is 2. The SMILES string of the molecule is Cc1ccc(Br)cc1S(=O)(=O)Nc1ccccc1C(=O)NC1CC1. The van der Waals surface area contributed by atoms with Gasteiger partial charge in [-0.3, -0.25) is 9.52 Å². The maximum atomic E-state index is 12.7. The lowest BCUT2D eigenvalue weighted by Crippen LogP contribution is -2.27. The summed E-state index contributed by atoms with van der Waals surface area (Å²) in [5, 5.41) is 2.88. The number of carbonyl (C=O) groups is 1. The van der Waals surface area contributed by atoms with E-state index < -0.39 is 10.0 Å². The summed E-state index contributed by atoms with van der Waals surface area (Å²) < 4.78 is 28.7. The fourth-order valence-corrected chi connectivity index (χ4v) is 4.19. The molecule has 0 spiro atoms. The molecule has 0 bridgehead atoms. The van der Waals surface area contributed by atoms with E-state index in [1.807, 2.05) is 0 Å². The Kier molecular flexibility index (Phi) is 4.64. The highest BCUT2D eigenvalue weighted by Gasteiger charge is 2.26. The molecule has 0 aliphatic heterocycles. The van der Waals surface area contributed by atoms with Gasteiger partial charge >= 0.3 is 0 Å². The second-order valence-electron chi connectivity index (χ2n) is 5.81. The number of aryl methyl sites for hydroxylation is 1. The number of hydrogen-bond donors (Lipinski definition) is 2. The predicted octanol–water partition coefficient (Wildman–Crippen LogP) is 3.45. The zero-order valence-corrected chi connectivity index (χ0v) is 15.4. The first kappa shape index (κ1) is 17.0. The van der Waals surface area contributed by atoms with Gasteiger partial charge in [0.15, 0.2) is 0 Å². The quantitative estimate of drug-likeness (QED) is 0.795. The van der Waals surface area contributed by atoms with E-state index in [2.05, 4.69) is 26.0 Å². The van der Waals surface area contributed by atoms with Gasteiger partial charge in [0.2, 0.25) is 0 Å². The van der Waals surface area contributed by atoms with Gasteiger partial charge in [-0.1, -0.05) is 34.1 Å². The third-order valence-corrected chi connectivity index (χ3v) is 5.77. The summed E-state index contributed by atoms with van der Waals surface area (Å²) in [6, 6.07) is 11.9. The van der Waals surface area contributed by atoms with Gasteiger partial charge in [-0.2, -0.15) is 0 Å². The fourth-order valence-electron chi connectivity index (χ4n) is 2.32. The predicted molar refractivity (Wildman–Crippen MR) is 96.6 cm³/mol. The third-order valence-electron chi connectivity index (χ3n) is 3.77. The Morgan fingerprint density at radius 3 is 2.58 bits per heavy atom. The van der Waals surface area contributed by atoms with Crippen LogP contribution in [0, 0.1) is 6.92 Å². The van der Waals surface area contributed by atoms with E-state index in [9.17, 15) is 13.2 Å². The van der Waals surface area contributed by atoms with Crippen molar-refractivity contribution in [2.75, 3.05) is 4.72 Å². The van der Waals surface area contributed by atoms with Crippen molar-refractivity contribution in [1.29, 1.82) is 0 Å². The lowest BCUT2D eigenvalue weighted by Gasteiger charge is -2.14. The zero-order valence-electron chi connectivity index (χ0n) is 13.0. The van der Waals surface area contributed by atoms with Crippen LogP contribution in [-0.4, -0.2) is 20.4 Å². The van der Waals surface area contributed by atoms with Gasteiger partial charge < -0.3 is 5.32 Å². The van der Waals surface area contributed by atoms with Gasteiger partial charge in [-0.25, -0.2) is 8.42 Å². The van der Waals surface area contributed by atoms with Crippen LogP contribution in [0.25, 0.3) is 0 Å². The van der Waals surface area contributed by atoms with Crippen LogP contribution in [0.3, 0.4) is 0 Å².